The van der Waals surface area contributed by atoms with E-state index >= 15 is 0 Å². The first-order chi connectivity index (χ1) is 11.7. The van der Waals surface area contributed by atoms with Gasteiger partial charge in [-0.1, -0.05) is 39.8 Å². The molecule has 0 fully saturated rings. The van der Waals surface area contributed by atoms with E-state index in [-0.39, 0.29) is 18.5 Å². The van der Waals surface area contributed by atoms with Gasteiger partial charge in [-0.05, 0) is 30.5 Å². The Labute approximate surface area is 152 Å². The van der Waals surface area contributed by atoms with Crippen molar-refractivity contribution in [3.8, 4) is 0 Å². The minimum Gasteiger partial charge on any atom is -0.355 e. The maximum absolute atomic E-state index is 12.5. The average molecular weight is 370 g/mol. The van der Waals surface area contributed by atoms with Gasteiger partial charge in [-0.25, -0.2) is 8.42 Å². The largest absolute Gasteiger partial charge is 0.355 e. The Balaban J connectivity index is 2.68. The maximum Gasteiger partial charge on any atom is 0.243 e. The molecule has 0 aromatic heterocycles. The van der Waals surface area contributed by atoms with Crippen LogP contribution in [-0.2, 0) is 14.8 Å². The van der Waals surface area contributed by atoms with Crippen LogP contribution in [0.15, 0.2) is 29.2 Å². The number of hydrogen-bond donors (Lipinski definition) is 2. The SMILES string of the molecule is CCN(CC)S(=O)(=O)c1ccc([C@@H](C)NCC(=O)NCC(C)C)cc1. The second-order valence-electron chi connectivity index (χ2n) is 6.46. The topological polar surface area (TPSA) is 78.5 Å². The molecule has 0 spiro atoms. The fourth-order valence-corrected chi connectivity index (χ4v) is 3.84. The summed E-state index contributed by atoms with van der Waals surface area (Å²) in [5.41, 5.74) is 0.940. The molecule has 0 unspecified atom stereocenters. The van der Waals surface area contributed by atoms with Gasteiger partial charge in [0, 0.05) is 25.7 Å². The summed E-state index contributed by atoms with van der Waals surface area (Å²) < 4.78 is 26.4. The van der Waals surface area contributed by atoms with Gasteiger partial charge in [0.2, 0.25) is 15.9 Å². The maximum atomic E-state index is 12.5. The summed E-state index contributed by atoms with van der Waals surface area (Å²) in [6.07, 6.45) is 0. The van der Waals surface area contributed by atoms with Crippen LogP contribution in [-0.4, -0.2) is 44.8 Å². The summed E-state index contributed by atoms with van der Waals surface area (Å²) in [6, 6.07) is 6.79. The summed E-state index contributed by atoms with van der Waals surface area (Å²) in [7, 11) is -3.44. The highest BCUT2D eigenvalue weighted by molar-refractivity contribution is 7.89. The minimum atomic E-state index is -3.44. The molecular formula is C18H31N3O3S. The van der Waals surface area contributed by atoms with Crippen molar-refractivity contribution >= 4 is 15.9 Å². The molecule has 0 saturated heterocycles. The van der Waals surface area contributed by atoms with Crippen molar-refractivity contribution in [2.45, 2.75) is 45.6 Å². The standard InChI is InChI=1S/C18H31N3O3S/c1-6-21(7-2)25(23,24)17-10-8-16(9-11-17)15(5)19-13-18(22)20-12-14(3)4/h8-11,14-15,19H,6-7,12-13H2,1-5H3,(H,20,22)/t15-/m1/s1. The van der Waals surface area contributed by atoms with Crippen molar-refractivity contribution in [1.82, 2.24) is 14.9 Å². The van der Waals surface area contributed by atoms with Crippen LogP contribution in [0, 0.1) is 5.92 Å². The molecule has 0 saturated carbocycles. The number of carbonyl (C=O) groups excluding carboxylic acids is 1. The molecule has 1 amide bonds. The number of rotatable bonds is 10. The van der Waals surface area contributed by atoms with Crippen LogP contribution >= 0.6 is 0 Å². The molecule has 0 bridgehead atoms. The molecule has 2 N–H and O–H groups in total. The van der Waals surface area contributed by atoms with E-state index < -0.39 is 10.0 Å². The second-order valence-corrected chi connectivity index (χ2v) is 8.40. The molecule has 1 rings (SSSR count). The molecule has 0 aliphatic rings. The molecule has 1 aromatic carbocycles. The van der Waals surface area contributed by atoms with E-state index in [0.29, 0.717) is 30.4 Å². The lowest BCUT2D eigenvalue weighted by atomic mass is 10.1. The normalized spacial score (nSPS) is 13.2. The van der Waals surface area contributed by atoms with E-state index in [9.17, 15) is 13.2 Å². The van der Waals surface area contributed by atoms with Gasteiger partial charge in [0.1, 0.15) is 0 Å². The zero-order chi connectivity index (χ0) is 19.0. The molecule has 142 valence electrons. The van der Waals surface area contributed by atoms with E-state index in [1.165, 1.54) is 4.31 Å². The number of amides is 1. The molecule has 0 aliphatic heterocycles. The van der Waals surface area contributed by atoms with E-state index in [4.69, 9.17) is 0 Å². The number of carbonyl (C=O) groups is 1. The van der Waals surface area contributed by atoms with E-state index in [0.717, 1.165) is 5.56 Å². The summed E-state index contributed by atoms with van der Waals surface area (Å²) in [5.74, 6) is 0.378. The van der Waals surface area contributed by atoms with E-state index in [1.807, 2.05) is 34.6 Å². The van der Waals surface area contributed by atoms with Crippen LogP contribution in [0.25, 0.3) is 0 Å². The number of nitrogens with zero attached hydrogens (tertiary/aromatic N) is 1. The van der Waals surface area contributed by atoms with Gasteiger partial charge in [-0.3, -0.25) is 4.79 Å². The quantitative estimate of drug-likeness (QED) is 0.662. The van der Waals surface area contributed by atoms with Crippen molar-refractivity contribution in [3.63, 3.8) is 0 Å². The third-order valence-corrected chi connectivity index (χ3v) is 6.06. The van der Waals surface area contributed by atoms with Crippen LogP contribution in [0.2, 0.25) is 0 Å². The molecule has 0 radical (unpaired) electrons. The predicted molar refractivity (Wildman–Crippen MR) is 101 cm³/mol. The lowest BCUT2D eigenvalue weighted by molar-refractivity contribution is -0.120. The number of sulfonamides is 1. The minimum absolute atomic E-state index is 0.0405. The Hall–Kier alpha value is -1.44. The van der Waals surface area contributed by atoms with Crippen LogP contribution in [0.4, 0.5) is 0 Å². The molecule has 1 atom stereocenters. The van der Waals surface area contributed by atoms with Crippen molar-refractivity contribution in [2.75, 3.05) is 26.2 Å². The third kappa shape index (κ3) is 6.41. The van der Waals surface area contributed by atoms with Crippen molar-refractivity contribution < 1.29 is 13.2 Å². The Kier molecular flexibility index (Phi) is 8.55. The molecule has 0 aliphatic carbocycles. The summed E-state index contributed by atoms with van der Waals surface area (Å²) in [6.45, 7) is 11.5. The lowest BCUT2D eigenvalue weighted by Crippen LogP contribution is -2.36. The third-order valence-electron chi connectivity index (χ3n) is 4.00. The highest BCUT2D eigenvalue weighted by atomic mass is 32.2. The highest BCUT2D eigenvalue weighted by Crippen LogP contribution is 2.19. The monoisotopic (exact) mass is 369 g/mol. The van der Waals surface area contributed by atoms with Gasteiger partial charge >= 0.3 is 0 Å². The van der Waals surface area contributed by atoms with E-state index in [1.54, 1.807) is 24.3 Å². The van der Waals surface area contributed by atoms with Crippen LogP contribution < -0.4 is 10.6 Å². The molecular weight excluding hydrogens is 338 g/mol. The highest BCUT2D eigenvalue weighted by Gasteiger charge is 2.21. The Bertz CT molecular complexity index is 638. The number of benzene rings is 1. The van der Waals surface area contributed by atoms with Crippen molar-refractivity contribution in [1.29, 1.82) is 0 Å². The first kappa shape index (κ1) is 21.6. The van der Waals surface area contributed by atoms with Gasteiger partial charge in [0.25, 0.3) is 0 Å². The smallest absolute Gasteiger partial charge is 0.243 e. The summed E-state index contributed by atoms with van der Waals surface area (Å²) >= 11 is 0. The number of nitrogens with one attached hydrogen (secondary N) is 2. The summed E-state index contributed by atoms with van der Waals surface area (Å²) in [4.78, 5) is 12.0. The molecule has 1 aromatic rings. The van der Waals surface area contributed by atoms with Gasteiger partial charge in [0.15, 0.2) is 0 Å². The fourth-order valence-electron chi connectivity index (χ4n) is 2.39. The molecule has 7 heteroatoms. The summed E-state index contributed by atoms with van der Waals surface area (Å²) in [5, 5.41) is 6.01. The second kappa shape index (κ2) is 9.89. The predicted octanol–water partition coefficient (Wildman–Crippen LogP) is 2.14. The molecule has 25 heavy (non-hydrogen) atoms. The van der Waals surface area contributed by atoms with Crippen molar-refractivity contribution in [2.24, 2.45) is 5.92 Å². The zero-order valence-corrected chi connectivity index (χ0v) is 16.7. The van der Waals surface area contributed by atoms with E-state index in [2.05, 4.69) is 10.6 Å². The zero-order valence-electron chi connectivity index (χ0n) is 15.9. The van der Waals surface area contributed by atoms with Gasteiger partial charge in [-0.15, -0.1) is 0 Å². The molecule has 6 nitrogen and oxygen atoms in total. The van der Waals surface area contributed by atoms with Crippen LogP contribution in [0.1, 0.15) is 46.2 Å². The Morgan fingerprint density at radius 3 is 2.12 bits per heavy atom. The van der Waals surface area contributed by atoms with Crippen LogP contribution in [0.5, 0.6) is 0 Å². The fraction of sp³-hybridized carbons (Fsp3) is 0.611. The van der Waals surface area contributed by atoms with Gasteiger partial charge in [-0.2, -0.15) is 4.31 Å². The van der Waals surface area contributed by atoms with Crippen molar-refractivity contribution in [3.05, 3.63) is 29.8 Å². The van der Waals surface area contributed by atoms with Gasteiger partial charge in [0.05, 0.1) is 11.4 Å². The van der Waals surface area contributed by atoms with Gasteiger partial charge < -0.3 is 10.6 Å². The number of hydrogen-bond acceptors (Lipinski definition) is 4. The first-order valence-corrected chi connectivity index (χ1v) is 10.3. The molecule has 0 heterocycles. The lowest BCUT2D eigenvalue weighted by Gasteiger charge is -2.19. The first-order valence-electron chi connectivity index (χ1n) is 8.82. The Morgan fingerprint density at radius 2 is 1.64 bits per heavy atom. The average Bonchev–Trinajstić information content (AvgIpc) is 2.58. The Morgan fingerprint density at radius 1 is 1.08 bits per heavy atom. The van der Waals surface area contributed by atoms with Crippen LogP contribution in [0.3, 0.4) is 0 Å².